The van der Waals surface area contributed by atoms with Crippen LogP contribution in [-0.4, -0.2) is 38.4 Å². The van der Waals surface area contributed by atoms with Gasteiger partial charge in [-0.15, -0.1) is 11.8 Å². The third-order valence-corrected chi connectivity index (χ3v) is 2.57. The predicted molar refractivity (Wildman–Crippen MR) is 62.3 cm³/mol. The number of ether oxygens (including phenoxy) is 1. The summed E-state index contributed by atoms with van der Waals surface area (Å²) in [6.45, 7) is 1.69. The van der Waals surface area contributed by atoms with Crippen molar-refractivity contribution in [3.05, 3.63) is 24.3 Å². The largest absolute Gasteiger partial charge is 0.492 e. The molecule has 0 bridgehead atoms. The molecular formula is C11H17NOS. The first kappa shape index (κ1) is 11.4. The zero-order valence-electron chi connectivity index (χ0n) is 8.99. The van der Waals surface area contributed by atoms with Crippen LogP contribution in [0.3, 0.4) is 0 Å². The Labute approximate surface area is 90.3 Å². The van der Waals surface area contributed by atoms with Crippen molar-refractivity contribution in [3.8, 4) is 5.75 Å². The van der Waals surface area contributed by atoms with Crippen LogP contribution >= 0.6 is 11.8 Å². The third kappa shape index (κ3) is 4.03. The molecule has 2 nitrogen and oxygen atoms in total. The second-order valence-corrected chi connectivity index (χ2v) is 4.21. The highest BCUT2D eigenvalue weighted by molar-refractivity contribution is 7.98. The van der Waals surface area contributed by atoms with E-state index in [0.717, 1.165) is 18.9 Å². The lowest BCUT2D eigenvalue weighted by Gasteiger charge is -2.11. The fourth-order valence-electron chi connectivity index (χ4n) is 1.04. The molecule has 0 fully saturated rings. The Balaban J connectivity index is 2.42. The minimum atomic E-state index is 0.741. The van der Waals surface area contributed by atoms with Crippen LogP contribution < -0.4 is 4.74 Å². The van der Waals surface area contributed by atoms with E-state index in [0.29, 0.717) is 0 Å². The molecule has 0 amide bonds. The van der Waals surface area contributed by atoms with Gasteiger partial charge in [-0.1, -0.05) is 6.07 Å². The highest BCUT2D eigenvalue weighted by Gasteiger charge is 1.96. The van der Waals surface area contributed by atoms with E-state index in [1.807, 2.05) is 26.2 Å². The predicted octanol–water partition coefficient (Wildman–Crippen LogP) is 2.35. The van der Waals surface area contributed by atoms with Gasteiger partial charge in [0.1, 0.15) is 12.4 Å². The quantitative estimate of drug-likeness (QED) is 0.694. The van der Waals surface area contributed by atoms with E-state index >= 15 is 0 Å². The van der Waals surface area contributed by atoms with Crippen LogP contribution in [0.15, 0.2) is 29.2 Å². The van der Waals surface area contributed by atoms with Crippen molar-refractivity contribution in [1.82, 2.24) is 4.90 Å². The first-order chi connectivity index (χ1) is 6.72. The molecule has 78 valence electrons. The Morgan fingerprint density at radius 3 is 2.79 bits per heavy atom. The second kappa shape index (κ2) is 5.94. The molecule has 0 aliphatic carbocycles. The van der Waals surface area contributed by atoms with Gasteiger partial charge in [0.25, 0.3) is 0 Å². The highest BCUT2D eigenvalue weighted by Crippen LogP contribution is 2.20. The Morgan fingerprint density at radius 1 is 1.36 bits per heavy atom. The van der Waals surface area contributed by atoms with E-state index in [2.05, 4.69) is 23.3 Å². The summed E-state index contributed by atoms with van der Waals surface area (Å²) >= 11 is 1.73. The monoisotopic (exact) mass is 211 g/mol. The molecule has 0 atom stereocenters. The summed E-state index contributed by atoms with van der Waals surface area (Å²) in [5, 5.41) is 0. The van der Waals surface area contributed by atoms with Gasteiger partial charge < -0.3 is 9.64 Å². The fourth-order valence-corrected chi connectivity index (χ4v) is 1.49. The molecule has 1 rings (SSSR count). The Kier molecular flexibility index (Phi) is 4.84. The number of benzene rings is 1. The average Bonchev–Trinajstić information content (AvgIpc) is 2.18. The topological polar surface area (TPSA) is 12.5 Å². The lowest BCUT2D eigenvalue weighted by atomic mass is 10.3. The average molecular weight is 211 g/mol. The van der Waals surface area contributed by atoms with Gasteiger partial charge in [-0.25, -0.2) is 0 Å². The standard InChI is InChI=1S/C11H17NOS/c1-12(2)7-8-13-10-5-4-6-11(9-10)14-3/h4-6,9H,7-8H2,1-3H3. The summed E-state index contributed by atoms with van der Waals surface area (Å²) in [5.41, 5.74) is 0. The molecule has 0 saturated heterocycles. The van der Waals surface area contributed by atoms with Gasteiger partial charge in [-0.05, 0) is 38.6 Å². The summed E-state index contributed by atoms with van der Waals surface area (Å²) in [7, 11) is 4.09. The maximum absolute atomic E-state index is 5.60. The highest BCUT2D eigenvalue weighted by atomic mass is 32.2. The number of rotatable bonds is 5. The summed E-state index contributed by atoms with van der Waals surface area (Å²) < 4.78 is 5.60. The van der Waals surface area contributed by atoms with Crippen LogP contribution in [0, 0.1) is 0 Å². The molecule has 0 aromatic heterocycles. The van der Waals surface area contributed by atoms with E-state index in [9.17, 15) is 0 Å². The zero-order valence-corrected chi connectivity index (χ0v) is 9.80. The SMILES string of the molecule is CSc1cccc(OCCN(C)C)c1. The molecule has 1 aromatic rings. The van der Waals surface area contributed by atoms with Crippen LogP contribution in [0.2, 0.25) is 0 Å². The van der Waals surface area contributed by atoms with Crippen LogP contribution in [0.1, 0.15) is 0 Å². The van der Waals surface area contributed by atoms with Gasteiger partial charge in [0.2, 0.25) is 0 Å². The molecule has 14 heavy (non-hydrogen) atoms. The van der Waals surface area contributed by atoms with Gasteiger partial charge in [-0.3, -0.25) is 0 Å². The van der Waals surface area contributed by atoms with E-state index < -0.39 is 0 Å². The summed E-state index contributed by atoms with van der Waals surface area (Å²) in [4.78, 5) is 3.35. The van der Waals surface area contributed by atoms with E-state index in [-0.39, 0.29) is 0 Å². The van der Waals surface area contributed by atoms with Crippen molar-refractivity contribution in [1.29, 1.82) is 0 Å². The van der Waals surface area contributed by atoms with Gasteiger partial charge in [0, 0.05) is 11.4 Å². The minimum Gasteiger partial charge on any atom is -0.492 e. The molecule has 0 radical (unpaired) electrons. The number of hydrogen-bond donors (Lipinski definition) is 0. The van der Waals surface area contributed by atoms with Crippen molar-refractivity contribution in [3.63, 3.8) is 0 Å². The smallest absolute Gasteiger partial charge is 0.120 e. The maximum atomic E-state index is 5.60. The van der Waals surface area contributed by atoms with Gasteiger partial charge in [0.15, 0.2) is 0 Å². The second-order valence-electron chi connectivity index (χ2n) is 3.33. The fraction of sp³-hybridized carbons (Fsp3) is 0.455. The van der Waals surface area contributed by atoms with Crippen LogP contribution in [0.5, 0.6) is 5.75 Å². The summed E-state index contributed by atoms with van der Waals surface area (Å²) in [6.07, 6.45) is 2.07. The number of nitrogens with zero attached hydrogens (tertiary/aromatic N) is 1. The molecule has 0 aliphatic heterocycles. The van der Waals surface area contributed by atoms with E-state index in [1.54, 1.807) is 11.8 Å². The van der Waals surface area contributed by atoms with Crippen molar-refractivity contribution in [2.75, 3.05) is 33.5 Å². The Bertz CT molecular complexity index is 276. The molecule has 0 unspecified atom stereocenters. The van der Waals surface area contributed by atoms with Gasteiger partial charge >= 0.3 is 0 Å². The summed E-state index contributed by atoms with van der Waals surface area (Å²) in [6, 6.07) is 8.18. The molecule has 0 heterocycles. The first-order valence-electron chi connectivity index (χ1n) is 4.64. The summed E-state index contributed by atoms with van der Waals surface area (Å²) in [5.74, 6) is 0.957. The molecule has 0 saturated carbocycles. The van der Waals surface area contributed by atoms with Crippen molar-refractivity contribution in [2.45, 2.75) is 4.90 Å². The lowest BCUT2D eigenvalue weighted by molar-refractivity contribution is 0.261. The molecule has 0 spiro atoms. The normalized spacial score (nSPS) is 10.6. The van der Waals surface area contributed by atoms with Crippen molar-refractivity contribution < 1.29 is 4.74 Å². The molecule has 0 aliphatic rings. The Hall–Kier alpha value is -0.670. The van der Waals surface area contributed by atoms with Crippen LogP contribution in [-0.2, 0) is 0 Å². The zero-order chi connectivity index (χ0) is 10.4. The molecular weight excluding hydrogens is 194 g/mol. The van der Waals surface area contributed by atoms with Crippen molar-refractivity contribution in [2.24, 2.45) is 0 Å². The molecule has 0 N–H and O–H groups in total. The van der Waals surface area contributed by atoms with Crippen LogP contribution in [0.4, 0.5) is 0 Å². The van der Waals surface area contributed by atoms with E-state index in [4.69, 9.17) is 4.74 Å². The van der Waals surface area contributed by atoms with Crippen molar-refractivity contribution >= 4 is 11.8 Å². The van der Waals surface area contributed by atoms with Crippen LogP contribution in [0.25, 0.3) is 0 Å². The molecule has 1 aromatic carbocycles. The lowest BCUT2D eigenvalue weighted by Crippen LogP contribution is -2.19. The van der Waals surface area contributed by atoms with Gasteiger partial charge in [-0.2, -0.15) is 0 Å². The third-order valence-electron chi connectivity index (χ3n) is 1.85. The Morgan fingerprint density at radius 2 is 2.14 bits per heavy atom. The number of likely N-dealkylation sites (N-methyl/N-ethyl adjacent to an activating group) is 1. The van der Waals surface area contributed by atoms with E-state index in [1.165, 1.54) is 4.90 Å². The maximum Gasteiger partial charge on any atom is 0.120 e. The van der Waals surface area contributed by atoms with Gasteiger partial charge in [0.05, 0.1) is 0 Å². The minimum absolute atomic E-state index is 0.741. The molecule has 3 heteroatoms. The number of hydrogen-bond acceptors (Lipinski definition) is 3. The first-order valence-corrected chi connectivity index (χ1v) is 5.86. The number of thioether (sulfide) groups is 1.